The minimum atomic E-state index is -0.570. The van der Waals surface area contributed by atoms with Gasteiger partial charge < -0.3 is 5.11 Å². The first-order valence-electron chi connectivity index (χ1n) is 10.6. The Morgan fingerprint density at radius 1 is 0.742 bits per heavy atom. The van der Waals surface area contributed by atoms with Crippen LogP contribution in [0.4, 0.5) is 0 Å². The van der Waals surface area contributed by atoms with Crippen LogP contribution >= 0.6 is 0 Å². The standard InChI is InChI=1S/C24H20N2O5/c27-17-8-7-12(10-3-1-2-4-11(10)17)18-13-5-6-14-19(23(30)25-21(14)28)15(13)9-16-20(18)24(31)26-22(16)29/h1-5,7-8,14-16,18-20,27H,6,9H2,(H,25,28,30)(H,26,29,31). The summed E-state index contributed by atoms with van der Waals surface area (Å²) in [6, 6.07) is 10.9. The summed E-state index contributed by atoms with van der Waals surface area (Å²) in [6.45, 7) is 0. The lowest BCUT2D eigenvalue weighted by atomic mass is 9.57. The molecule has 0 radical (unpaired) electrons. The van der Waals surface area contributed by atoms with Crippen molar-refractivity contribution < 1.29 is 24.3 Å². The van der Waals surface area contributed by atoms with Crippen LogP contribution in [0.1, 0.15) is 24.3 Å². The number of benzene rings is 2. The predicted molar refractivity (Wildman–Crippen MR) is 109 cm³/mol. The summed E-state index contributed by atoms with van der Waals surface area (Å²) in [6.07, 6.45) is 2.82. The maximum atomic E-state index is 12.9. The van der Waals surface area contributed by atoms with Gasteiger partial charge in [0.15, 0.2) is 0 Å². The van der Waals surface area contributed by atoms with E-state index in [4.69, 9.17) is 0 Å². The maximum Gasteiger partial charge on any atom is 0.231 e. The fraction of sp³-hybridized carbons (Fsp3) is 0.333. The van der Waals surface area contributed by atoms with Crippen molar-refractivity contribution in [1.82, 2.24) is 10.6 Å². The molecule has 3 fully saturated rings. The molecule has 4 aliphatic rings. The Kier molecular flexibility index (Phi) is 3.70. The molecule has 156 valence electrons. The molecule has 6 atom stereocenters. The topological polar surface area (TPSA) is 113 Å². The average Bonchev–Trinajstić information content (AvgIpc) is 3.22. The van der Waals surface area contributed by atoms with E-state index < -0.39 is 29.6 Å². The third-order valence-electron chi connectivity index (χ3n) is 7.60. The van der Waals surface area contributed by atoms with Crippen LogP contribution in [0.2, 0.25) is 0 Å². The molecular weight excluding hydrogens is 396 g/mol. The number of aromatic hydroxyl groups is 1. The summed E-state index contributed by atoms with van der Waals surface area (Å²) >= 11 is 0. The second kappa shape index (κ2) is 6.26. The number of phenolic OH excluding ortho intramolecular Hbond substituents is 1. The quantitative estimate of drug-likeness (QED) is 0.484. The van der Waals surface area contributed by atoms with Crippen molar-refractivity contribution in [1.29, 1.82) is 0 Å². The molecule has 31 heavy (non-hydrogen) atoms. The van der Waals surface area contributed by atoms with Crippen LogP contribution in [0.15, 0.2) is 48.0 Å². The Bertz CT molecular complexity index is 1230. The van der Waals surface area contributed by atoms with Crippen LogP contribution in [-0.2, 0) is 19.2 Å². The monoisotopic (exact) mass is 416 g/mol. The highest BCUT2D eigenvalue weighted by molar-refractivity contribution is 6.08. The minimum Gasteiger partial charge on any atom is -0.507 e. The molecule has 2 aromatic rings. The normalized spacial score (nSPS) is 34.0. The third-order valence-corrected chi connectivity index (χ3v) is 7.60. The van der Waals surface area contributed by atoms with Gasteiger partial charge in [0.1, 0.15) is 5.75 Å². The highest BCUT2D eigenvalue weighted by Crippen LogP contribution is 2.56. The fourth-order valence-corrected chi connectivity index (χ4v) is 6.33. The summed E-state index contributed by atoms with van der Waals surface area (Å²) in [4.78, 5) is 50.5. The zero-order valence-corrected chi connectivity index (χ0v) is 16.5. The van der Waals surface area contributed by atoms with E-state index >= 15 is 0 Å². The Labute approximate surface area is 177 Å². The van der Waals surface area contributed by atoms with Gasteiger partial charge in [-0.25, -0.2) is 0 Å². The molecule has 3 N–H and O–H groups in total. The van der Waals surface area contributed by atoms with Crippen LogP contribution in [0.25, 0.3) is 10.8 Å². The molecule has 7 nitrogen and oxygen atoms in total. The molecule has 0 bridgehead atoms. The Morgan fingerprint density at radius 2 is 1.42 bits per heavy atom. The Balaban J connectivity index is 1.58. The van der Waals surface area contributed by atoms with E-state index in [-0.39, 0.29) is 35.3 Å². The molecular formula is C24H20N2O5. The van der Waals surface area contributed by atoms with Gasteiger partial charge in [0.25, 0.3) is 0 Å². The van der Waals surface area contributed by atoms with E-state index in [0.717, 1.165) is 16.5 Å². The number of hydrogen-bond acceptors (Lipinski definition) is 5. The fourth-order valence-electron chi connectivity index (χ4n) is 6.33. The van der Waals surface area contributed by atoms with Crippen LogP contribution in [0.3, 0.4) is 0 Å². The van der Waals surface area contributed by atoms with Crippen molar-refractivity contribution in [2.45, 2.75) is 18.8 Å². The van der Waals surface area contributed by atoms with Crippen LogP contribution in [0.5, 0.6) is 5.75 Å². The first-order valence-corrected chi connectivity index (χ1v) is 10.6. The number of rotatable bonds is 1. The summed E-state index contributed by atoms with van der Waals surface area (Å²) in [5.74, 6) is -3.74. The summed E-state index contributed by atoms with van der Waals surface area (Å²) in [5, 5.41) is 16.8. The molecule has 2 aliphatic carbocycles. The maximum absolute atomic E-state index is 12.9. The number of allylic oxidation sites excluding steroid dienone is 2. The first-order chi connectivity index (χ1) is 15.0. The smallest absolute Gasteiger partial charge is 0.231 e. The zero-order chi connectivity index (χ0) is 21.4. The number of carbonyl (C=O) groups is 4. The van der Waals surface area contributed by atoms with Gasteiger partial charge in [0.2, 0.25) is 23.6 Å². The van der Waals surface area contributed by atoms with E-state index in [1.54, 1.807) is 6.07 Å². The van der Waals surface area contributed by atoms with Gasteiger partial charge in [-0.2, -0.15) is 0 Å². The van der Waals surface area contributed by atoms with Gasteiger partial charge >= 0.3 is 0 Å². The van der Waals surface area contributed by atoms with Gasteiger partial charge in [0, 0.05) is 11.3 Å². The molecule has 7 heteroatoms. The van der Waals surface area contributed by atoms with E-state index in [9.17, 15) is 24.3 Å². The summed E-state index contributed by atoms with van der Waals surface area (Å²) in [7, 11) is 0. The lowest BCUT2D eigenvalue weighted by Gasteiger charge is -2.44. The van der Waals surface area contributed by atoms with Crippen molar-refractivity contribution >= 4 is 34.4 Å². The van der Waals surface area contributed by atoms with Gasteiger partial charge in [0.05, 0.1) is 23.7 Å². The highest BCUT2D eigenvalue weighted by atomic mass is 16.3. The molecule has 6 unspecified atom stereocenters. The average molecular weight is 416 g/mol. The molecule has 6 rings (SSSR count). The molecule has 4 amide bonds. The highest BCUT2D eigenvalue weighted by Gasteiger charge is 2.58. The van der Waals surface area contributed by atoms with Crippen molar-refractivity contribution in [3.8, 4) is 5.75 Å². The van der Waals surface area contributed by atoms with Crippen LogP contribution < -0.4 is 10.6 Å². The predicted octanol–water partition coefficient (Wildman–Crippen LogP) is 1.76. The number of phenols is 1. The molecule has 1 saturated carbocycles. The Morgan fingerprint density at radius 3 is 2.19 bits per heavy atom. The molecule has 2 aromatic carbocycles. The van der Waals surface area contributed by atoms with Crippen molar-refractivity contribution in [3.63, 3.8) is 0 Å². The molecule has 0 aromatic heterocycles. The first kappa shape index (κ1) is 18.3. The number of carbonyl (C=O) groups excluding carboxylic acids is 4. The van der Waals surface area contributed by atoms with Crippen molar-refractivity contribution in [3.05, 3.63) is 53.6 Å². The number of imide groups is 2. The minimum absolute atomic E-state index is 0.147. The zero-order valence-electron chi connectivity index (χ0n) is 16.5. The van der Waals surface area contributed by atoms with E-state index in [1.807, 2.05) is 36.4 Å². The van der Waals surface area contributed by atoms with Crippen molar-refractivity contribution in [2.75, 3.05) is 0 Å². The number of fused-ring (bicyclic) bond motifs is 5. The van der Waals surface area contributed by atoms with Crippen LogP contribution in [0, 0.1) is 29.6 Å². The second-order valence-electron chi connectivity index (χ2n) is 8.95. The largest absolute Gasteiger partial charge is 0.507 e. The summed E-state index contributed by atoms with van der Waals surface area (Å²) in [5.41, 5.74) is 1.81. The second-order valence-corrected chi connectivity index (χ2v) is 8.95. The molecule has 2 saturated heterocycles. The molecule has 0 spiro atoms. The van der Waals surface area contributed by atoms with Crippen molar-refractivity contribution in [2.24, 2.45) is 29.6 Å². The SMILES string of the molecule is O=C1NC(=O)C2C1CC=C1C2CC2C(=O)NC(=O)C2C1c1ccc(O)c2ccccc12. The number of hydrogen-bond donors (Lipinski definition) is 3. The molecule has 2 heterocycles. The lowest BCUT2D eigenvalue weighted by molar-refractivity contribution is -0.128. The van der Waals surface area contributed by atoms with E-state index in [0.29, 0.717) is 18.2 Å². The third kappa shape index (κ3) is 2.40. The number of amides is 4. The van der Waals surface area contributed by atoms with Crippen LogP contribution in [-0.4, -0.2) is 28.7 Å². The van der Waals surface area contributed by atoms with Gasteiger partial charge in [-0.15, -0.1) is 0 Å². The van der Waals surface area contributed by atoms with Gasteiger partial charge in [-0.1, -0.05) is 42.0 Å². The van der Waals surface area contributed by atoms with E-state index in [2.05, 4.69) is 10.6 Å². The van der Waals surface area contributed by atoms with Gasteiger partial charge in [-0.05, 0) is 35.8 Å². The number of nitrogens with one attached hydrogen (secondary N) is 2. The summed E-state index contributed by atoms with van der Waals surface area (Å²) < 4.78 is 0. The van der Waals surface area contributed by atoms with E-state index in [1.165, 1.54) is 0 Å². The Hall–Kier alpha value is -3.48. The lowest BCUT2D eigenvalue weighted by Crippen LogP contribution is -2.42. The van der Waals surface area contributed by atoms with Gasteiger partial charge in [-0.3, -0.25) is 29.8 Å². The molecule has 2 aliphatic heterocycles.